The van der Waals surface area contributed by atoms with Crippen LogP contribution >= 0.6 is 0 Å². The Labute approximate surface area is 142 Å². The van der Waals surface area contributed by atoms with Crippen molar-refractivity contribution in [3.63, 3.8) is 0 Å². The second-order valence-corrected chi connectivity index (χ2v) is 5.71. The molecule has 0 saturated carbocycles. The molecule has 0 unspecified atom stereocenters. The van der Waals surface area contributed by atoms with Crippen molar-refractivity contribution < 1.29 is 14.3 Å². The molecule has 0 aromatic heterocycles. The molecule has 2 aromatic rings. The van der Waals surface area contributed by atoms with Crippen LogP contribution in [0.2, 0.25) is 0 Å². The van der Waals surface area contributed by atoms with E-state index < -0.39 is 6.10 Å². The van der Waals surface area contributed by atoms with Crippen LogP contribution in [0.3, 0.4) is 0 Å². The lowest BCUT2D eigenvalue weighted by Crippen LogP contribution is -2.30. The van der Waals surface area contributed by atoms with Crippen molar-refractivity contribution >= 4 is 23.2 Å². The van der Waals surface area contributed by atoms with E-state index in [-0.39, 0.29) is 11.8 Å². The maximum atomic E-state index is 12.3. The standard InChI is InChI=1S/C19H22N2O3/c1-12-6-5-7-18(13(12)2)24-14(3)19(23)21-17-10-8-16(9-11-17)20-15(4)22/h5-11,14H,1-4H3,(H,20,22)(H,21,23)/t14-/m0/s1. The minimum Gasteiger partial charge on any atom is -0.481 e. The number of rotatable bonds is 5. The molecule has 0 saturated heterocycles. The summed E-state index contributed by atoms with van der Waals surface area (Å²) in [6.07, 6.45) is -0.625. The first-order valence-corrected chi connectivity index (χ1v) is 7.78. The molecular formula is C19H22N2O3. The Bertz CT molecular complexity index is 739. The number of amides is 2. The first-order valence-electron chi connectivity index (χ1n) is 7.78. The molecule has 2 rings (SSSR count). The summed E-state index contributed by atoms with van der Waals surface area (Å²) in [7, 11) is 0. The fourth-order valence-electron chi connectivity index (χ4n) is 2.18. The number of hydrogen-bond acceptors (Lipinski definition) is 3. The van der Waals surface area contributed by atoms with E-state index in [1.54, 1.807) is 31.2 Å². The molecule has 5 heteroatoms. The molecule has 0 aliphatic heterocycles. The van der Waals surface area contributed by atoms with E-state index in [0.717, 1.165) is 11.1 Å². The third kappa shape index (κ3) is 4.59. The third-order valence-electron chi connectivity index (χ3n) is 3.70. The molecule has 0 spiro atoms. The Balaban J connectivity index is 1.98. The fraction of sp³-hybridized carbons (Fsp3) is 0.263. The van der Waals surface area contributed by atoms with Gasteiger partial charge in [-0.1, -0.05) is 12.1 Å². The van der Waals surface area contributed by atoms with Crippen molar-refractivity contribution in [2.24, 2.45) is 0 Å². The Morgan fingerprint density at radius 2 is 1.54 bits per heavy atom. The van der Waals surface area contributed by atoms with Gasteiger partial charge < -0.3 is 15.4 Å². The summed E-state index contributed by atoms with van der Waals surface area (Å²) in [4.78, 5) is 23.3. The molecule has 24 heavy (non-hydrogen) atoms. The molecule has 0 aliphatic carbocycles. The Morgan fingerprint density at radius 1 is 0.958 bits per heavy atom. The predicted octanol–water partition coefficient (Wildman–Crippen LogP) is 3.67. The van der Waals surface area contributed by atoms with Crippen LogP contribution < -0.4 is 15.4 Å². The van der Waals surface area contributed by atoms with Gasteiger partial charge in [0.25, 0.3) is 5.91 Å². The van der Waals surface area contributed by atoms with Crippen molar-refractivity contribution in [2.45, 2.75) is 33.8 Å². The van der Waals surface area contributed by atoms with Crippen LogP contribution in [0.25, 0.3) is 0 Å². The highest BCUT2D eigenvalue weighted by molar-refractivity contribution is 5.94. The number of aryl methyl sites for hydroxylation is 1. The van der Waals surface area contributed by atoms with E-state index in [1.807, 2.05) is 32.0 Å². The van der Waals surface area contributed by atoms with E-state index in [9.17, 15) is 9.59 Å². The normalized spacial score (nSPS) is 11.5. The molecule has 1 atom stereocenters. The summed E-state index contributed by atoms with van der Waals surface area (Å²) in [6, 6.07) is 12.7. The lowest BCUT2D eigenvalue weighted by molar-refractivity contribution is -0.122. The van der Waals surface area contributed by atoms with Crippen LogP contribution in [0.1, 0.15) is 25.0 Å². The quantitative estimate of drug-likeness (QED) is 0.881. The van der Waals surface area contributed by atoms with Gasteiger partial charge in [0.1, 0.15) is 5.75 Å². The number of hydrogen-bond donors (Lipinski definition) is 2. The summed E-state index contributed by atoms with van der Waals surface area (Å²) in [5.41, 5.74) is 3.47. The van der Waals surface area contributed by atoms with Gasteiger partial charge in [-0.3, -0.25) is 9.59 Å². The number of benzene rings is 2. The molecular weight excluding hydrogens is 304 g/mol. The molecule has 0 bridgehead atoms. The third-order valence-corrected chi connectivity index (χ3v) is 3.70. The second-order valence-electron chi connectivity index (χ2n) is 5.71. The minimum atomic E-state index is -0.625. The average molecular weight is 326 g/mol. The lowest BCUT2D eigenvalue weighted by Gasteiger charge is -2.17. The smallest absolute Gasteiger partial charge is 0.265 e. The van der Waals surface area contributed by atoms with Crippen LogP contribution in [0.15, 0.2) is 42.5 Å². The highest BCUT2D eigenvalue weighted by Gasteiger charge is 2.16. The van der Waals surface area contributed by atoms with Gasteiger partial charge in [-0.05, 0) is 62.2 Å². The van der Waals surface area contributed by atoms with Gasteiger partial charge in [0.15, 0.2) is 6.10 Å². The number of anilines is 2. The number of nitrogens with one attached hydrogen (secondary N) is 2. The zero-order valence-corrected chi connectivity index (χ0v) is 14.3. The van der Waals surface area contributed by atoms with Crippen molar-refractivity contribution in [1.29, 1.82) is 0 Å². The van der Waals surface area contributed by atoms with E-state index >= 15 is 0 Å². The zero-order chi connectivity index (χ0) is 17.7. The van der Waals surface area contributed by atoms with E-state index in [0.29, 0.717) is 17.1 Å². The van der Waals surface area contributed by atoms with Gasteiger partial charge in [-0.15, -0.1) is 0 Å². The van der Waals surface area contributed by atoms with Crippen molar-refractivity contribution in [3.05, 3.63) is 53.6 Å². The summed E-state index contributed by atoms with van der Waals surface area (Å²) in [5, 5.41) is 5.48. The number of carbonyl (C=O) groups excluding carboxylic acids is 2. The van der Waals surface area contributed by atoms with Crippen molar-refractivity contribution in [1.82, 2.24) is 0 Å². The van der Waals surface area contributed by atoms with Gasteiger partial charge in [0.2, 0.25) is 5.91 Å². The van der Waals surface area contributed by atoms with Gasteiger partial charge in [0.05, 0.1) is 0 Å². The lowest BCUT2D eigenvalue weighted by atomic mass is 10.1. The van der Waals surface area contributed by atoms with Crippen molar-refractivity contribution in [2.75, 3.05) is 10.6 Å². The zero-order valence-electron chi connectivity index (χ0n) is 14.3. The summed E-state index contributed by atoms with van der Waals surface area (Å²) >= 11 is 0. The first kappa shape index (κ1) is 17.5. The Hall–Kier alpha value is -2.82. The van der Waals surface area contributed by atoms with Crippen LogP contribution in [0.5, 0.6) is 5.75 Å². The number of ether oxygens (including phenoxy) is 1. The first-order chi connectivity index (χ1) is 11.4. The van der Waals surface area contributed by atoms with Gasteiger partial charge in [-0.2, -0.15) is 0 Å². The van der Waals surface area contributed by atoms with Crippen molar-refractivity contribution in [3.8, 4) is 5.75 Å². The van der Waals surface area contributed by atoms with Crippen LogP contribution in [0.4, 0.5) is 11.4 Å². The van der Waals surface area contributed by atoms with Crippen LogP contribution in [0, 0.1) is 13.8 Å². The van der Waals surface area contributed by atoms with Gasteiger partial charge >= 0.3 is 0 Å². The van der Waals surface area contributed by atoms with E-state index in [4.69, 9.17) is 4.74 Å². The van der Waals surface area contributed by atoms with E-state index in [2.05, 4.69) is 10.6 Å². The SMILES string of the molecule is CC(=O)Nc1ccc(NC(=O)[C@H](C)Oc2cccc(C)c2C)cc1. The van der Waals surface area contributed by atoms with Crippen LogP contribution in [-0.2, 0) is 9.59 Å². The largest absolute Gasteiger partial charge is 0.481 e. The molecule has 126 valence electrons. The molecule has 0 heterocycles. The highest BCUT2D eigenvalue weighted by atomic mass is 16.5. The average Bonchev–Trinajstić information content (AvgIpc) is 2.53. The highest BCUT2D eigenvalue weighted by Crippen LogP contribution is 2.22. The van der Waals surface area contributed by atoms with Gasteiger partial charge in [-0.25, -0.2) is 0 Å². The fourth-order valence-corrected chi connectivity index (χ4v) is 2.18. The summed E-state index contributed by atoms with van der Waals surface area (Å²) < 4.78 is 5.77. The molecule has 2 amide bonds. The predicted molar refractivity (Wildman–Crippen MR) is 95.4 cm³/mol. The Morgan fingerprint density at radius 3 is 2.12 bits per heavy atom. The van der Waals surface area contributed by atoms with E-state index in [1.165, 1.54) is 6.92 Å². The molecule has 0 radical (unpaired) electrons. The summed E-state index contributed by atoms with van der Waals surface area (Å²) in [6.45, 7) is 7.13. The molecule has 0 aliphatic rings. The molecule has 0 fully saturated rings. The second kappa shape index (κ2) is 7.64. The summed E-state index contributed by atoms with van der Waals surface area (Å²) in [5.74, 6) is 0.337. The maximum Gasteiger partial charge on any atom is 0.265 e. The molecule has 2 aromatic carbocycles. The minimum absolute atomic E-state index is 0.137. The van der Waals surface area contributed by atoms with Crippen LogP contribution in [-0.4, -0.2) is 17.9 Å². The topological polar surface area (TPSA) is 67.4 Å². The monoisotopic (exact) mass is 326 g/mol. The maximum absolute atomic E-state index is 12.3. The Kier molecular flexibility index (Phi) is 5.58. The molecule has 5 nitrogen and oxygen atoms in total. The number of carbonyl (C=O) groups is 2. The van der Waals surface area contributed by atoms with Gasteiger partial charge in [0, 0.05) is 18.3 Å². The molecule has 2 N–H and O–H groups in total.